The number of anilines is 1. The molecule has 31 heavy (non-hydrogen) atoms. The molecule has 11 nitrogen and oxygen atoms in total. The number of aliphatic hydroxyl groups is 1. The maximum Gasteiger partial charge on any atom is 0.262 e. The van der Waals surface area contributed by atoms with Gasteiger partial charge in [0.05, 0.1) is 17.1 Å². The monoisotopic (exact) mass is 423 g/mol. The van der Waals surface area contributed by atoms with Gasteiger partial charge in [-0.25, -0.2) is 15.0 Å². The molecule has 160 valence electrons. The van der Waals surface area contributed by atoms with Crippen LogP contribution >= 0.6 is 0 Å². The molecule has 1 aliphatic rings. The van der Waals surface area contributed by atoms with E-state index in [0.29, 0.717) is 29.3 Å². The molecular weight excluding hydrogens is 402 g/mol. The molecule has 4 rings (SSSR count). The fraction of sp³-hybridized carbons (Fsp3) is 0.300. The summed E-state index contributed by atoms with van der Waals surface area (Å²) in [7, 11) is 1.62. The first-order valence-corrected chi connectivity index (χ1v) is 9.60. The number of amides is 2. The van der Waals surface area contributed by atoms with Gasteiger partial charge in [-0.3, -0.25) is 9.59 Å². The van der Waals surface area contributed by atoms with Crippen molar-refractivity contribution in [3.8, 4) is 22.8 Å². The average Bonchev–Trinajstić information content (AvgIpc) is 3.36. The van der Waals surface area contributed by atoms with Gasteiger partial charge in [0.25, 0.3) is 5.91 Å². The Bertz CT molecular complexity index is 1150. The van der Waals surface area contributed by atoms with Crippen molar-refractivity contribution >= 4 is 17.8 Å². The molecule has 0 aliphatic carbocycles. The quantitative estimate of drug-likeness (QED) is 0.513. The topological polar surface area (TPSA) is 160 Å². The van der Waals surface area contributed by atoms with Crippen LogP contribution in [0.15, 0.2) is 41.1 Å². The normalized spacial score (nSPS) is 19.5. The number of nitrogens with zero attached hydrogens (tertiary/aromatic N) is 5. The fourth-order valence-electron chi connectivity index (χ4n) is 3.23. The number of rotatable bonds is 6. The molecule has 1 aliphatic heterocycles. The zero-order valence-electron chi connectivity index (χ0n) is 16.9. The van der Waals surface area contributed by atoms with E-state index in [0.717, 1.165) is 0 Å². The van der Waals surface area contributed by atoms with E-state index < -0.39 is 23.5 Å². The van der Waals surface area contributed by atoms with Crippen molar-refractivity contribution in [2.24, 2.45) is 5.73 Å². The Morgan fingerprint density at radius 3 is 2.65 bits per heavy atom. The first-order valence-electron chi connectivity index (χ1n) is 9.60. The second-order valence-corrected chi connectivity index (χ2v) is 7.36. The van der Waals surface area contributed by atoms with Gasteiger partial charge >= 0.3 is 0 Å². The smallest absolute Gasteiger partial charge is 0.262 e. The number of pyridine rings is 1. The number of nitrogens with one attached hydrogen (secondary N) is 1. The molecule has 0 spiro atoms. The first kappa shape index (κ1) is 20.4. The molecule has 0 bridgehead atoms. The Hall–Kier alpha value is -3.86. The number of carbonyl (C=O) groups is 2. The summed E-state index contributed by atoms with van der Waals surface area (Å²) >= 11 is 0. The highest BCUT2D eigenvalue weighted by molar-refractivity contribution is 5.87. The van der Waals surface area contributed by atoms with Crippen molar-refractivity contribution in [3.05, 3.63) is 42.3 Å². The van der Waals surface area contributed by atoms with Crippen LogP contribution in [0.4, 0.5) is 5.95 Å². The molecule has 0 saturated carbocycles. The number of likely N-dealkylation sites (tertiary alicyclic amines) is 1. The number of nitrogens with two attached hydrogens (primary N) is 1. The van der Waals surface area contributed by atoms with E-state index in [1.54, 1.807) is 44.4 Å². The number of primary amides is 1. The third-order valence-corrected chi connectivity index (χ3v) is 5.13. The molecular formula is C20H21N7O4. The standard InChI is InChI=1S/C20H21N7O4/c1-11(17(21)28)23-19-22-8-6-14(25-19)12-4-3-5-13(24-12)15-10-16(31-26-15)20(30)7-9-27(2)18(20)29/h3-6,8,10-11,30H,7,9H2,1-2H3,(H2,21,28)(H,22,23,25)/t11-,20+/m0/s1. The highest BCUT2D eigenvalue weighted by Crippen LogP contribution is 2.34. The van der Waals surface area contributed by atoms with E-state index in [1.807, 2.05) is 0 Å². The predicted molar refractivity (Wildman–Crippen MR) is 109 cm³/mol. The summed E-state index contributed by atoms with van der Waals surface area (Å²) in [6.45, 7) is 2.04. The van der Waals surface area contributed by atoms with Crippen molar-refractivity contribution in [1.82, 2.24) is 25.0 Å². The van der Waals surface area contributed by atoms with Crippen molar-refractivity contribution in [2.75, 3.05) is 18.9 Å². The van der Waals surface area contributed by atoms with Crippen LogP contribution < -0.4 is 11.1 Å². The first-order chi connectivity index (χ1) is 14.8. The van der Waals surface area contributed by atoms with Crippen LogP contribution in [-0.2, 0) is 15.2 Å². The van der Waals surface area contributed by atoms with E-state index in [1.165, 1.54) is 11.0 Å². The summed E-state index contributed by atoms with van der Waals surface area (Å²) in [5.74, 6) is -0.628. The van der Waals surface area contributed by atoms with Crippen LogP contribution in [0.25, 0.3) is 22.8 Å². The molecule has 0 aromatic carbocycles. The number of likely N-dealkylation sites (N-methyl/N-ethyl adjacent to an activating group) is 1. The van der Waals surface area contributed by atoms with Crippen molar-refractivity contribution in [2.45, 2.75) is 25.0 Å². The highest BCUT2D eigenvalue weighted by Gasteiger charge is 2.48. The van der Waals surface area contributed by atoms with Crippen LogP contribution in [-0.4, -0.2) is 61.6 Å². The fourth-order valence-corrected chi connectivity index (χ4v) is 3.23. The minimum atomic E-state index is -1.72. The van der Waals surface area contributed by atoms with E-state index in [-0.39, 0.29) is 18.1 Å². The van der Waals surface area contributed by atoms with Crippen LogP contribution in [0.1, 0.15) is 19.1 Å². The third-order valence-electron chi connectivity index (χ3n) is 5.13. The van der Waals surface area contributed by atoms with E-state index in [2.05, 4.69) is 25.4 Å². The molecule has 3 aromatic rings. The number of hydrogen-bond donors (Lipinski definition) is 3. The Labute approximate surface area is 177 Å². The Balaban J connectivity index is 1.61. The molecule has 1 fully saturated rings. The van der Waals surface area contributed by atoms with Gasteiger partial charge in [0.15, 0.2) is 5.76 Å². The lowest BCUT2D eigenvalue weighted by atomic mass is 9.98. The third kappa shape index (κ3) is 3.82. The average molecular weight is 423 g/mol. The Kier molecular flexibility index (Phi) is 5.11. The molecule has 4 heterocycles. The minimum Gasteiger partial charge on any atom is -0.373 e. The number of carbonyl (C=O) groups excluding carboxylic acids is 2. The second kappa shape index (κ2) is 7.76. The molecule has 2 atom stereocenters. The van der Waals surface area contributed by atoms with Gasteiger partial charge in [0, 0.05) is 32.3 Å². The van der Waals surface area contributed by atoms with Gasteiger partial charge in [-0.15, -0.1) is 0 Å². The van der Waals surface area contributed by atoms with E-state index in [9.17, 15) is 14.7 Å². The molecule has 3 aromatic heterocycles. The summed E-state index contributed by atoms with van der Waals surface area (Å²) in [5.41, 5.74) is 5.46. The maximum atomic E-state index is 12.3. The molecule has 0 unspecified atom stereocenters. The van der Waals surface area contributed by atoms with E-state index >= 15 is 0 Å². The maximum absolute atomic E-state index is 12.3. The zero-order chi connectivity index (χ0) is 22.2. The molecule has 0 radical (unpaired) electrons. The van der Waals surface area contributed by atoms with E-state index in [4.69, 9.17) is 10.3 Å². The molecule has 1 saturated heterocycles. The summed E-state index contributed by atoms with van der Waals surface area (Å²) in [6.07, 6.45) is 1.77. The van der Waals surface area contributed by atoms with Gasteiger partial charge in [-0.05, 0) is 25.1 Å². The summed E-state index contributed by atoms with van der Waals surface area (Å²) in [6, 6.07) is 7.83. The summed E-state index contributed by atoms with van der Waals surface area (Å²) < 4.78 is 5.29. The van der Waals surface area contributed by atoms with Gasteiger partial charge in [-0.2, -0.15) is 0 Å². The van der Waals surface area contributed by atoms with Gasteiger partial charge in [0.1, 0.15) is 11.7 Å². The van der Waals surface area contributed by atoms with Gasteiger partial charge in [0.2, 0.25) is 17.5 Å². The minimum absolute atomic E-state index is 0.0815. The highest BCUT2D eigenvalue weighted by atomic mass is 16.5. The van der Waals surface area contributed by atoms with Crippen LogP contribution in [0, 0.1) is 0 Å². The van der Waals surface area contributed by atoms with Crippen molar-refractivity contribution in [1.29, 1.82) is 0 Å². The van der Waals surface area contributed by atoms with Crippen molar-refractivity contribution < 1.29 is 19.2 Å². The second-order valence-electron chi connectivity index (χ2n) is 7.36. The van der Waals surface area contributed by atoms with Crippen LogP contribution in [0.2, 0.25) is 0 Å². The SMILES string of the molecule is C[C@H](Nc1nccc(-c2cccc(-c3cc([C@]4(O)CCN(C)C4=O)on3)n2)n1)C(N)=O. The summed E-state index contributed by atoms with van der Waals surface area (Å²) in [4.78, 5) is 38.0. The number of hydrogen-bond acceptors (Lipinski definition) is 9. The lowest BCUT2D eigenvalue weighted by Crippen LogP contribution is -2.35. The largest absolute Gasteiger partial charge is 0.373 e. The Morgan fingerprint density at radius 2 is 1.97 bits per heavy atom. The van der Waals surface area contributed by atoms with Crippen LogP contribution in [0.5, 0.6) is 0 Å². The number of aromatic nitrogens is 4. The lowest BCUT2D eigenvalue weighted by molar-refractivity contribution is -0.144. The lowest BCUT2D eigenvalue weighted by Gasteiger charge is -2.16. The van der Waals surface area contributed by atoms with Gasteiger partial charge in [-0.1, -0.05) is 11.2 Å². The molecule has 11 heteroatoms. The van der Waals surface area contributed by atoms with Crippen molar-refractivity contribution in [3.63, 3.8) is 0 Å². The Morgan fingerprint density at radius 1 is 1.26 bits per heavy atom. The van der Waals surface area contributed by atoms with Gasteiger partial charge < -0.3 is 25.6 Å². The predicted octanol–water partition coefficient (Wildman–Crippen LogP) is 0.529. The van der Waals surface area contributed by atoms with Crippen LogP contribution in [0.3, 0.4) is 0 Å². The zero-order valence-corrected chi connectivity index (χ0v) is 16.9. The molecule has 2 amide bonds. The summed E-state index contributed by atoms with van der Waals surface area (Å²) in [5, 5.41) is 17.5. The molecule has 4 N–H and O–H groups in total.